The lowest BCUT2D eigenvalue weighted by molar-refractivity contribution is -0.134. The highest BCUT2D eigenvalue weighted by atomic mass is 16.6. The van der Waals surface area contributed by atoms with E-state index in [0.717, 1.165) is 5.56 Å². The van der Waals surface area contributed by atoms with Crippen molar-refractivity contribution in [2.45, 2.75) is 31.5 Å². The number of anilines is 1. The third-order valence-electron chi connectivity index (χ3n) is 6.02. The van der Waals surface area contributed by atoms with Gasteiger partial charge in [0.2, 0.25) is 17.7 Å². The summed E-state index contributed by atoms with van der Waals surface area (Å²) in [6.07, 6.45) is 0.410. The predicted molar refractivity (Wildman–Crippen MR) is 127 cm³/mol. The standard InChI is InChI=1S/C25H30N4O5/c1-16(30)26-19-14-20(25(32)28(2)3)29(24(19)17-7-5-4-6-8-17)15-23(31)27-18-9-10-21-22(13-18)34-12-11-33-21/h4-10,13,19-20,24H,11-12,14-15H2,1-3H3,(H,26,30)(H,27,31)/t19-,20-,24-/m0/s1. The number of amides is 3. The Morgan fingerprint density at radius 3 is 2.41 bits per heavy atom. The van der Waals surface area contributed by atoms with Gasteiger partial charge in [0.25, 0.3) is 0 Å². The molecule has 0 aliphatic carbocycles. The van der Waals surface area contributed by atoms with E-state index in [2.05, 4.69) is 10.6 Å². The number of likely N-dealkylation sites (tertiary alicyclic amines) is 1. The molecular weight excluding hydrogens is 436 g/mol. The Labute approximate surface area is 199 Å². The molecule has 34 heavy (non-hydrogen) atoms. The minimum absolute atomic E-state index is 0.0195. The highest BCUT2D eigenvalue weighted by Crippen LogP contribution is 2.37. The van der Waals surface area contributed by atoms with Gasteiger partial charge in [-0.25, -0.2) is 0 Å². The van der Waals surface area contributed by atoms with Crippen LogP contribution in [0, 0.1) is 0 Å². The summed E-state index contributed by atoms with van der Waals surface area (Å²) in [4.78, 5) is 41.6. The van der Waals surface area contributed by atoms with Gasteiger partial charge in [-0.1, -0.05) is 30.3 Å². The van der Waals surface area contributed by atoms with Crippen molar-refractivity contribution in [3.05, 3.63) is 54.1 Å². The third kappa shape index (κ3) is 5.14. The Hall–Kier alpha value is -3.59. The lowest BCUT2D eigenvalue weighted by atomic mass is 9.99. The van der Waals surface area contributed by atoms with E-state index in [9.17, 15) is 14.4 Å². The Morgan fingerprint density at radius 1 is 1.03 bits per heavy atom. The number of hydrogen-bond donors (Lipinski definition) is 2. The van der Waals surface area contributed by atoms with E-state index in [4.69, 9.17) is 9.47 Å². The van der Waals surface area contributed by atoms with Gasteiger partial charge in [-0.15, -0.1) is 0 Å². The largest absolute Gasteiger partial charge is 0.486 e. The van der Waals surface area contributed by atoms with Crippen LogP contribution in [0.15, 0.2) is 48.5 Å². The molecule has 9 nitrogen and oxygen atoms in total. The second-order valence-electron chi connectivity index (χ2n) is 8.73. The molecule has 3 amide bonds. The number of ether oxygens (including phenoxy) is 2. The molecule has 9 heteroatoms. The van der Waals surface area contributed by atoms with Gasteiger partial charge in [-0.2, -0.15) is 0 Å². The maximum Gasteiger partial charge on any atom is 0.239 e. The second-order valence-corrected chi connectivity index (χ2v) is 8.73. The van der Waals surface area contributed by atoms with Crippen molar-refractivity contribution in [3.8, 4) is 11.5 Å². The molecule has 0 radical (unpaired) electrons. The smallest absolute Gasteiger partial charge is 0.239 e. The number of carbonyl (C=O) groups excluding carboxylic acids is 3. The summed E-state index contributed by atoms with van der Waals surface area (Å²) in [5, 5.41) is 5.89. The van der Waals surface area contributed by atoms with Gasteiger partial charge in [0.05, 0.1) is 24.7 Å². The molecule has 0 saturated carbocycles. The Kier molecular flexibility index (Phi) is 7.02. The summed E-state index contributed by atoms with van der Waals surface area (Å²) in [7, 11) is 3.39. The van der Waals surface area contributed by atoms with Crippen LogP contribution in [-0.2, 0) is 14.4 Å². The van der Waals surface area contributed by atoms with Gasteiger partial charge in [0.1, 0.15) is 13.2 Å². The summed E-state index contributed by atoms with van der Waals surface area (Å²) in [6, 6.07) is 13.7. The summed E-state index contributed by atoms with van der Waals surface area (Å²) in [5.74, 6) is 0.671. The number of carbonyl (C=O) groups is 3. The van der Waals surface area contributed by atoms with E-state index < -0.39 is 6.04 Å². The molecule has 4 rings (SSSR count). The maximum atomic E-state index is 13.1. The number of hydrogen-bond acceptors (Lipinski definition) is 6. The highest BCUT2D eigenvalue weighted by molar-refractivity contribution is 5.93. The van der Waals surface area contributed by atoms with Crippen molar-refractivity contribution in [2.24, 2.45) is 0 Å². The van der Waals surface area contributed by atoms with Crippen molar-refractivity contribution >= 4 is 23.4 Å². The first-order valence-electron chi connectivity index (χ1n) is 11.3. The zero-order valence-corrected chi connectivity index (χ0v) is 19.6. The SMILES string of the molecule is CC(=O)N[C@H]1C[C@@H](C(=O)N(C)C)N(CC(=O)Nc2ccc3c(c2)OCCO3)[C@H]1c1ccccc1. The number of benzene rings is 2. The van der Waals surface area contributed by atoms with E-state index >= 15 is 0 Å². The van der Waals surface area contributed by atoms with Gasteiger partial charge in [0.15, 0.2) is 11.5 Å². The Morgan fingerprint density at radius 2 is 1.74 bits per heavy atom. The molecule has 2 N–H and O–H groups in total. The maximum absolute atomic E-state index is 13.1. The average Bonchev–Trinajstić information content (AvgIpc) is 3.15. The van der Waals surface area contributed by atoms with Gasteiger partial charge in [0, 0.05) is 32.8 Å². The molecule has 180 valence electrons. The van der Waals surface area contributed by atoms with Crippen LogP contribution in [0.5, 0.6) is 11.5 Å². The third-order valence-corrected chi connectivity index (χ3v) is 6.02. The van der Waals surface area contributed by atoms with Crippen molar-refractivity contribution < 1.29 is 23.9 Å². The molecular formula is C25H30N4O5. The number of likely N-dealkylation sites (N-methyl/N-ethyl adjacent to an activating group) is 1. The fourth-order valence-corrected chi connectivity index (χ4v) is 4.64. The molecule has 2 heterocycles. The van der Waals surface area contributed by atoms with Crippen molar-refractivity contribution in [1.29, 1.82) is 0 Å². The molecule has 1 fully saturated rings. The summed E-state index contributed by atoms with van der Waals surface area (Å²) >= 11 is 0. The Balaban J connectivity index is 1.59. The summed E-state index contributed by atoms with van der Waals surface area (Å²) < 4.78 is 11.1. The number of nitrogens with one attached hydrogen (secondary N) is 2. The second kappa shape index (κ2) is 10.1. The molecule has 0 bridgehead atoms. The minimum Gasteiger partial charge on any atom is -0.486 e. The molecule has 3 atom stereocenters. The number of rotatable bonds is 6. The molecule has 0 aromatic heterocycles. The monoisotopic (exact) mass is 466 g/mol. The van der Waals surface area contributed by atoms with Crippen LogP contribution in [0.4, 0.5) is 5.69 Å². The van der Waals surface area contributed by atoms with Crippen LogP contribution in [0.3, 0.4) is 0 Å². The molecule has 2 aliphatic heterocycles. The highest BCUT2D eigenvalue weighted by Gasteiger charge is 2.46. The molecule has 2 aromatic carbocycles. The zero-order valence-electron chi connectivity index (χ0n) is 19.6. The summed E-state index contributed by atoms with van der Waals surface area (Å²) in [5.41, 5.74) is 1.51. The molecule has 2 aromatic rings. The van der Waals surface area contributed by atoms with Crippen LogP contribution >= 0.6 is 0 Å². The van der Waals surface area contributed by atoms with Gasteiger partial charge in [-0.3, -0.25) is 19.3 Å². The molecule has 2 aliphatic rings. The number of nitrogens with zero attached hydrogens (tertiary/aromatic N) is 2. The topological polar surface area (TPSA) is 100 Å². The van der Waals surface area contributed by atoms with Crippen molar-refractivity contribution in [3.63, 3.8) is 0 Å². The first-order chi connectivity index (χ1) is 16.3. The molecule has 1 saturated heterocycles. The molecule has 0 spiro atoms. The first-order valence-corrected chi connectivity index (χ1v) is 11.3. The van der Waals surface area contributed by atoms with Crippen LogP contribution in [-0.4, -0.2) is 73.5 Å². The van der Waals surface area contributed by atoms with Crippen molar-refractivity contribution in [1.82, 2.24) is 15.1 Å². The van der Waals surface area contributed by atoms with E-state index in [1.54, 1.807) is 32.3 Å². The average molecular weight is 467 g/mol. The first kappa shape index (κ1) is 23.6. The van der Waals surface area contributed by atoms with Crippen LogP contribution in [0.25, 0.3) is 0 Å². The van der Waals surface area contributed by atoms with Gasteiger partial charge < -0.3 is 25.0 Å². The molecule has 0 unspecified atom stereocenters. The van der Waals surface area contributed by atoms with E-state index in [-0.39, 0.29) is 36.3 Å². The summed E-state index contributed by atoms with van der Waals surface area (Å²) in [6.45, 7) is 2.39. The van der Waals surface area contributed by atoms with Crippen molar-refractivity contribution in [2.75, 3.05) is 39.2 Å². The normalized spacial score (nSPS) is 21.6. The quantitative estimate of drug-likeness (QED) is 0.674. The van der Waals surface area contributed by atoms with Gasteiger partial charge in [-0.05, 0) is 24.1 Å². The zero-order chi connectivity index (χ0) is 24.2. The fraction of sp³-hybridized carbons (Fsp3) is 0.400. The van der Waals surface area contributed by atoms with Crippen LogP contribution in [0.1, 0.15) is 24.9 Å². The number of fused-ring (bicyclic) bond motifs is 1. The lowest BCUT2D eigenvalue weighted by Gasteiger charge is -2.31. The fourth-order valence-electron chi connectivity index (χ4n) is 4.64. The van der Waals surface area contributed by atoms with E-state index in [0.29, 0.717) is 36.8 Å². The van der Waals surface area contributed by atoms with E-state index in [1.807, 2.05) is 35.2 Å². The van der Waals surface area contributed by atoms with Gasteiger partial charge >= 0.3 is 0 Å². The lowest BCUT2D eigenvalue weighted by Crippen LogP contribution is -2.46. The van der Waals surface area contributed by atoms with Crippen LogP contribution in [0.2, 0.25) is 0 Å². The predicted octanol–water partition coefficient (Wildman–Crippen LogP) is 1.80. The van der Waals surface area contributed by atoms with E-state index in [1.165, 1.54) is 11.8 Å². The Bertz CT molecular complexity index is 1060. The minimum atomic E-state index is -0.553. The van der Waals surface area contributed by atoms with Crippen LogP contribution < -0.4 is 20.1 Å².